The van der Waals surface area contributed by atoms with Gasteiger partial charge in [0.05, 0.1) is 0 Å². The number of rotatable bonds is 1. The van der Waals surface area contributed by atoms with Crippen molar-refractivity contribution < 1.29 is 9.53 Å². The molecule has 0 aromatic carbocycles. The van der Waals surface area contributed by atoms with Gasteiger partial charge in [-0.05, 0) is 13.8 Å². The standard InChI is InChI=1S/C6H7ClO2/c1-4-6(2,3)9-5(7)8/h1H,2-3H3. The van der Waals surface area contributed by atoms with Crippen LogP contribution in [0.3, 0.4) is 0 Å². The van der Waals surface area contributed by atoms with Crippen LogP contribution in [-0.4, -0.2) is 11.0 Å². The largest absolute Gasteiger partial charge is 0.434 e. The average Bonchev–Trinajstić information content (AvgIpc) is 1.63. The Morgan fingerprint density at radius 2 is 2.22 bits per heavy atom. The van der Waals surface area contributed by atoms with Crippen molar-refractivity contribution in [3.05, 3.63) is 0 Å². The van der Waals surface area contributed by atoms with E-state index in [4.69, 9.17) is 18.0 Å². The van der Waals surface area contributed by atoms with Gasteiger partial charge in [0.25, 0.3) is 0 Å². The Hall–Kier alpha value is -0.680. The summed E-state index contributed by atoms with van der Waals surface area (Å²) in [7, 11) is 0. The fourth-order valence-corrected chi connectivity index (χ4v) is 0.423. The highest BCUT2D eigenvalue weighted by Crippen LogP contribution is 2.08. The van der Waals surface area contributed by atoms with Crippen molar-refractivity contribution in [2.45, 2.75) is 19.4 Å². The third-order valence-electron chi connectivity index (χ3n) is 0.683. The van der Waals surface area contributed by atoms with Gasteiger partial charge < -0.3 is 4.74 Å². The highest BCUT2D eigenvalue weighted by molar-refractivity contribution is 6.61. The summed E-state index contributed by atoms with van der Waals surface area (Å²) in [4.78, 5) is 10.1. The predicted octanol–water partition coefficient (Wildman–Crippen LogP) is 1.77. The first-order chi connectivity index (χ1) is 3.98. The normalized spacial score (nSPS) is 10.0. The minimum absolute atomic E-state index is 0.877. The smallest absolute Gasteiger partial charge is 0.405 e. The lowest BCUT2D eigenvalue weighted by Gasteiger charge is -2.15. The molecule has 0 aliphatic carbocycles. The summed E-state index contributed by atoms with van der Waals surface area (Å²) >= 11 is 4.88. The molecule has 2 nitrogen and oxygen atoms in total. The molecule has 0 heterocycles. The van der Waals surface area contributed by atoms with Crippen molar-refractivity contribution >= 4 is 17.0 Å². The molecule has 0 atom stereocenters. The molecule has 0 aromatic rings. The monoisotopic (exact) mass is 146 g/mol. The van der Waals surface area contributed by atoms with E-state index in [1.165, 1.54) is 0 Å². The summed E-state index contributed by atoms with van der Waals surface area (Å²) in [6.45, 7) is 3.15. The minimum atomic E-state index is -0.890. The Labute approximate surface area is 59.1 Å². The molecule has 0 aliphatic rings. The lowest BCUT2D eigenvalue weighted by Crippen LogP contribution is -2.22. The first kappa shape index (κ1) is 8.32. The summed E-state index contributed by atoms with van der Waals surface area (Å²) in [5.74, 6) is 2.25. The van der Waals surface area contributed by atoms with Crippen LogP contribution in [0.5, 0.6) is 0 Å². The molecule has 0 amide bonds. The zero-order chi connectivity index (χ0) is 7.49. The maximum absolute atomic E-state index is 10.1. The molecule has 0 N–H and O–H groups in total. The Bertz CT molecular complexity index is 155. The fraction of sp³-hybridized carbons (Fsp3) is 0.500. The summed E-state index contributed by atoms with van der Waals surface area (Å²) in [6.07, 6.45) is 4.97. The summed E-state index contributed by atoms with van der Waals surface area (Å²) in [5.41, 5.74) is -1.77. The second kappa shape index (κ2) is 2.75. The first-order valence-electron chi connectivity index (χ1n) is 2.34. The van der Waals surface area contributed by atoms with Crippen molar-refractivity contribution in [1.29, 1.82) is 0 Å². The van der Waals surface area contributed by atoms with E-state index in [2.05, 4.69) is 10.7 Å². The minimum Gasteiger partial charge on any atom is -0.434 e. The van der Waals surface area contributed by atoms with Crippen molar-refractivity contribution in [3.63, 3.8) is 0 Å². The maximum Gasteiger partial charge on any atom is 0.405 e. The lowest BCUT2D eigenvalue weighted by molar-refractivity contribution is 0.101. The molecule has 0 aromatic heterocycles. The molecule has 0 bridgehead atoms. The zero-order valence-electron chi connectivity index (χ0n) is 5.27. The molecular weight excluding hydrogens is 140 g/mol. The molecule has 0 unspecified atom stereocenters. The van der Waals surface area contributed by atoms with Gasteiger partial charge in [0.1, 0.15) is 0 Å². The number of carbonyl (C=O) groups excluding carboxylic acids is 1. The molecular formula is C6H7ClO2. The Kier molecular flexibility index (Phi) is 2.54. The molecule has 9 heavy (non-hydrogen) atoms. The van der Waals surface area contributed by atoms with Crippen LogP contribution in [0.15, 0.2) is 0 Å². The van der Waals surface area contributed by atoms with Crippen molar-refractivity contribution in [3.8, 4) is 12.3 Å². The fourth-order valence-electron chi connectivity index (χ4n) is 0.230. The molecule has 0 saturated carbocycles. The summed E-state index contributed by atoms with van der Waals surface area (Å²) < 4.78 is 4.48. The van der Waals surface area contributed by atoms with Crippen LogP contribution in [0, 0.1) is 12.3 Å². The van der Waals surface area contributed by atoms with Gasteiger partial charge in [0.15, 0.2) is 5.60 Å². The molecule has 0 rings (SSSR count). The van der Waals surface area contributed by atoms with E-state index < -0.39 is 11.0 Å². The van der Waals surface area contributed by atoms with Crippen molar-refractivity contribution in [1.82, 2.24) is 0 Å². The zero-order valence-corrected chi connectivity index (χ0v) is 6.03. The number of hydrogen-bond acceptors (Lipinski definition) is 2. The Morgan fingerprint density at radius 3 is 2.33 bits per heavy atom. The van der Waals surface area contributed by atoms with Gasteiger partial charge in [-0.2, -0.15) is 0 Å². The van der Waals surface area contributed by atoms with E-state index >= 15 is 0 Å². The third kappa shape index (κ3) is 3.87. The first-order valence-corrected chi connectivity index (χ1v) is 2.72. The predicted molar refractivity (Wildman–Crippen MR) is 35.2 cm³/mol. The number of halogens is 1. The molecule has 0 fully saturated rings. The molecule has 0 aliphatic heterocycles. The van der Waals surface area contributed by atoms with Crippen molar-refractivity contribution in [2.75, 3.05) is 0 Å². The van der Waals surface area contributed by atoms with E-state index in [9.17, 15) is 4.79 Å². The van der Waals surface area contributed by atoms with Gasteiger partial charge in [0.2, 0.25) is 0 Å². The molecule has 3 heteroatoms. The second-order valence-electron chi connectivity index (χ2n) is 1.99. The Balaban J connectivity index is 3.91. The van der Waals surface area contributed by atoms with Gasteiger partial charge in [-0.25, -0.2) is 4.79 Å². The van der Waals surface area contributed by atoms with Crippen LogP contribution in [0.4, 0.5) is 4.79 Å². The maximum atomic E-state index is 10.1. The van der Waals surface area contributed by atoms with E-state index in [1.807, 2.05) is 0 Å². The van der Waals surface area contributed by atoms with E-state index in [-0.39, 0.29) is 0 Å². The Morgan fingerprint density at radius 1 is 1.78 bits per heavy atom. The van der Waals surface area contributed by atoms with E-state index in [0.717, 1.165) is 0 Å². The van der Waals surface area contributed by atoms with Gasteiger partial charge in [0, 0.05) is 11.6 Å². The number of terminal acetylenes is 1. The van der Waals surface area contributed by atoms with Crippen LogP contribution < -0.4 is 0 Å². The molecule has 50 valence electrons. The quantitative estimate of drug-likeness (QED) is 0.416. The highest BCUT2D eigenvalue weighted by atomic mass is 35.5. The topological polar surface area (TPSA) is 26.3 Å². The summed E-state index contributed by atoms with van der Waals surface area (Å²) in [5, 5.41) is 0. The highest BCUT2D eigenvalue weighted by Gasteiger charge is 2.17. The van der Waals surface area contributed by atoms with E-state index in [0.29, 0.717) is 0 Å². The molecule has 0 spiro atoms. The van der Waals surface area contributed by atoms with Crippen LogP contribution in [0.2, 0.25) is 0 Å². The van der Waals surface area contributed by atoms with Crippen LogP contribution >= 0.6 is 11.6 Å². The second-order valence-corrected chi connectivity index (χ2v) is 2.30. The van der Waals surface area contributed by atoms with Gasteiger partial charge >= 0.3 is 5.43 Å². The van der Waals surface area contributed by atoms with Crippen LogP contribution in [-0.2, 0) is 4.74 Å². The number of carbonyl (C=O) groups is 1. The van der Waals surface area contributed by atoms with Gasteiger partial charge in [-0.3, -0.25) is 0 Å². The third-order valence-corrected chi connectivity index (χ3v) is 0.760. The van der Waals surface area contributed by atoms with Gasteiger partial charge in [-0.15, -0.1) is 6.42 Å². The summed E-state index contributed by atoms with van der Waals surface area (Å²) in [6, 6.07) is 0. The van der Waals surface area contributed by atoms with Gasteiger partial charge in [-0.1, -0.05) is 5.92 Å². The van der Waals surface area contributed by atoms with E-state index in [1.54, 1.807) is 13.8 Å². The lowest BCUT2D eigenvalue weighted by atomic mass is 10.2. The van der Waals surface area contributed by atoms with Crippen LogP contribution in [0.25, 0.3) is 0 Å². The number of hydrogen-bond donors (Lipinski definition) is 0. The van der Waals surface area contributed by atoms with Crippen molar-refractivity contribution in [2.24, 2.45) is 0 Å². The number of ether oxygens (including phenoxy) is 1. The molecule has 0 saturated heterocycles. The molecule has 0 radical (unpaired) electrons. The SMILES string of the molecule is C#CC(C)(C)OC(=O)Cl. The average molecular weight is 147 g/mol. The van der Waals surface area contributed by atoms with Crippen LogP contribution in [0.1, 0.15) is 13.8 Å².